The van der Waals surface area contributed by atoms with Gasteiger partial charge in [-0.1, -0.05) is 25.1 Å². The zero-order chi connectivity index (χ0) is 22.5. The number of esters is 1. The molecule has 0 aliphatic rings. The maximum absolute atomic E-state index is 12.4. The average Bonchev–Trinajstić information content (AvgIpc) is 3.21. The van der Waals surface area contributed by atoms with Gasteiger partial charge in [0.05, 0.1) is 6.54 Å². The van der Waals surface area contributed by atoms with Gasteiger partial charge in [-0.3, -0.25) is 15.0 Å². The van der Waals surface area contributed by atoms with Crippen molar-refractivity contribution in [3.05, 3.63) is 65.6 Å². The zero-order valence-corrected chi connectivity index (χ0v) is 16.7. The number of nitrogen functional groups attached to an aromatic ring is 1. The molecule has 0 spiro atoms. The first-order valence-electron chi connectivity index (χ1n) is 9.48. The Labute approximate surface area is 177 Å². The van der Waals surface area contributed by atoms with Gasteiger partial charge in [0.1, 0.15) is 23.3 Å². The van der Waals surface area contributed by atoms with Gasteiger partial charge < -0.3 is 25.3 Å². The highest BCUT2D eigenvalue weighted by Crippen LogP contribution is 2.23. The van der Waals surface area contributed by atoms with E-state index < -0.39 is 23.8 Å². The van der Waals surface area contributed by atoms with Crippen LogP contribution in [-0.4, -0.2) is 28.8 Å². The van der Waals surface area contributed by atoms with Crippen molar-refractivity contribution >= 4 is 34.5 Å². The number of aliphatic carboxylic acids is 1. The summed E-state index contributed by atoms with van der Waals surface area (Å²) in [5, 5.41) is 20.6. The lowest BCUT2D eigenvalue weighted by molar-refractivity contribution is -0.147. The molecule has 1 amide bonds. The second-order valence-corrected chi connectivity index (χ2v) is 6.81. The van der Waals surface area contributed by atoms with Crippen molar-refractivity contribution in [1.82, 2.24) is 5.32 Å². The fourth-order valence-electron chi connectivity index (χ4n) is 2.96. The van der Waals surface area contributed by atoms with Crippen molar-refractivity contribution in [1.29, 1.82) is 5.41 Å². The van der Waals surface area contributed by atoms with Crippen LogP contribution in [0.15, 0.2) is 52.9 Å². The minimum absolute atomic E-state index is 0.0320. The normalized spacial score (nSPS) is 11.6. The Morgan fingerprint density at radius 2 is 1.84 bits per heavy atom. The minimum Gasteiger partial charge on any atom is -0.481 e. The standard InChI is InChI=1S/C22H21N3O6/c1-2-17(21(27)28)20(26)25-11-16-7-8-18(30-16)22(29)31-15-6-5-12-9-14(19(23)24)4-3-13(12)10-15/h3-10,17H,2,11H2,1H3,(H3,23,24)(H,25,26)(H,27,28). The molecule has 160 valence electrons. The Hall–Kier alpha value is -4.14. The van der Waals surface area contributed by atoms with Gasteiger partial charge in [-0.25, -0.2) is 4.79 Å². The number of carboxylic acids is 1. The maximum atomic E-state index is 12.4. The Morgan fingerprint density at radius 3 is 2.52 bits per heavy atom. The lowest BCUT2D eigenvalue weighted by Gasteiger charge is -2.09. The van der Waals surface area contributed by atoms with Gasteiger partial charge in [-0.05, 0) is 47.5 Å². The summed E-state index contributed by atoms with van der Waals surface area (Å²) in [6, 6.07) is 13.2. The van der Waals surface area contributed by atoms with Gasteiger partial charge in [0.2, 0.25) is 11.7 Å². The number of benzene rings is 2. The first-order valence-corrected chi connectivity index (χ1v) is 9.48. The van der Waals surface area contributed by atoms with Crippen molar-refractivity contribution in [2.24, 2.45) is 11.7 Å². The van der Waals surface area contributed by atoms with Crippen LogP contribution in [0.4, 0.5) is 0 Å². The molecule has 1 aromatic heterocycles. The fraction of sp³-hybridized carbons (Fsp3) is 0.182. The van der Waals surface area contributed by atoms with Crippen LogP contribution in [0.2, 0.25) is 0 Å². The van der Waals surface area contributed by atoms with Crippen LogP contribution in [0.5, 0.6) is 5.75 Å². The number of rotatable bonds is 8. The number of carbonyl (C=O) groups excluding carboxylic acids is 2. The predicted octanol–water partition coefficient (Wildman–Crippen LogP) is 2.66. The molecule has 5 N–H and O–H groups in total. The third-order valence-electron chi connectivity index (χ3n) is 4.66. The molecule has 2 aromatic carbocycles. The van der Waals surface area contributed by atoms with Crippen LogP contribution in [0.3, 0.4) is 0 Å². The summed E-state index contributed by atoms with van der Waals surface area (Å²) in [6.07, 6.45) is 0.165. The molecule has 0 saturated carbocycles. The number of amidine groups is 1. The molecule has 0 fully saturated rings. The van der Waals surface area contributed by atoms with Gasteiger partial charge in [-0.15, -0.1) is 0 Å². The summed E-state index contributed by atoms with van der Waals surface area (Å²) in [4.78, 5) is 35.3. The summed E-state index contributed by atoms with van der Waals surface area (Å²) in [6.45, 7) is 1.55. The van der Waals surface area contributed by atoms with Crippen LogP contribution in [0.25, 0.3) is 10.8 Å². The highest BCUT2D eigenvalue weighted by Gasteiger charge is 2.24. The Bertz CT molecular complexity index is 1170. The number of nitrogens with two attached hydrogens (primary N) is 1. The first-order chi connectivity index (χ1) is 14.8. The van der Waals surface area contributed by atoms with Crippen molar-refractivity contribution in [2.75, 3.05) is 0 Å². The number of hydrogen-bond donors (Lipinski definition) is 4. The molecule has 31 heavy (non-hydrogen) atoms. The lowest BCUT2D eigenvalue weighted by Crippen LogP contribution is -2.34. The molecule has 0 aliphatic heterocycles. The number of ether oxygens (including phenoxy) is 1. The molecule has 1 heterocycles. The van der Waals surface area contributed by atoms with Gasteiger partial charge >= 0.3 is 11.9 Å². The number of carbonyl (C=O) groups is 3. The molecule has 3 rings (SSSR count). The second-order valence-electron chi connectivity index (χ2n) is 6.81. The second kappa shape index (κ2) is 9.12. The van der Waals surface area contributed by atoms with E-state index in [4.69, 9.17) is 25.4 Å². The number of fused-ring (bicyclic) bond motifs is 1. The number of hydrogen-bond acceptors (Lipinski definition) is 6. The van der Waals surface area contributed by atoms with Crippen LogP contribution in [0, 0.1) is 11.3 Å². The quantitative estimate of drug-likeness (QED) is 0.143. The van der Waals surface area contributed by atoms with E-state index in [0.717, 1.165) is 10.8 Å². The smallest absolute Gasteiger partial charge is 0.379 e. The summed E-state index contributed by atoms with van der Waals surface area (Å²) in [5.41, 5.74) is 6.09. The van der Waals surface area contributed by atoms with Crippen LogP contribution >= 0.6 is 0 Å². The number of amides is 1. The number of furan rings is 1. The Kier molecular flexibility index (Phi) is 6.35. The van der Waals surface area contributed by atoms with Gasteiger partial charge in [0.25, 0.3) is 0 Å². The number of nitrogens with one attached hydrogen (secondary N) is 2. The molecular weight excluding hydrogens is 402 g/mol. The molecule has 0 aliphatic carbocycles. The SMILES string of the molecule is CCC(C(=O)O)C(=O)NCc1ccc(C(=O)Oc2ccc3cc(C(=N)N)ccc3c2)o1. The highest BCUT2D eigenvalue weighted by atomic mass is 16.5. The molecule has 0 bridgehead atoms. The summed E-state index contributed by atoms with van der Waals surface area (Å²) >= 11 is 0. The highest BCUT2D eigenvalue weighted by molar-refractivity contribution is 5.99. The third-order valence-corrected chi connectivity index (χ3v) is 4.66. The van der Waals surface area contributed by atoms with E-state index in [1.54, 1.807) is 43.3 Å². The van der Waals surface area contributed by atoms with Crippen molar-refractivity contribution < 1.29 is 28.6 Å². The van der Waals surface area contributed by atoms with E-state index in [-0.39, 0.29) is 30.3 Å². The molecular formula is C22H21N3O6. The third kappa shape index (κ3) is 5.08. The van der Waals surface area contributed by atoms with Crippen LogP contribution < -0.4 is 15.8 Å². The van der Waals surface area contributed by atoms with Gasteiger partial charge in [0.15, 0.2) is 0 Å². The lowest BCUT2D eigenvalue weighted by atomic mass is 10.1. The van der Waals surface area contributed by atoms with E-state index in [9.17, 15) is 14.4 Å². The van der Waals surface area contributed by atoms with E-state index in [2.05, 4.69) is 5.32 Å². The maximum Gasteiger partial charge on any atom is 0.379 e. The molecule has 0 saturated heterocycles. The van der Waals surface area contributed by atoms with Crippen LogP contribution in [0.1, 0.15) is 35.2 Å². The average molecular weight is 423 g/mol. The molecule has 1 atom stereocenters. The Morgan fingerprint density at radius 1 is 1.13 bits per heavy atom. The van der Waals surface area contributed by atoms with Gasteiger partial charge in [0, 0.05) is 5.56 Å². The van der Waals surface area contributed by atoms with Gasteiger partial charge in [-0.2, -0.15) is 0 Å². The topological polar surface area (TPSA) is 156 Å². The largest absolute Gasteiger partial charge is 0.481 e. The minimum atomic E-state index is -1.20. The first kappa shape index (κ1) is 21.6. The number of carboxylic acid groups (broad SMARTS) is 1. The molecule has 9 nitrogen and oxygen atoms in total. The van der Waals surface area contributed by atoms with E-state index in [1.807, 2.05) is 0 Å². The predicted molar refractivity (Wildman–Crippen MR) is 112 cm³/mol. The monoisotopic (exact) mass is 423 g/mol. The molecule has 0 radical (unpaired) electrons. The molecule has 9 heteroatoms. The van der Waals surface area contributed by atoms with Crippen LogP contribution in [-0.2, 0) is 16.1 Å². The Balaban J connectivity index is 1.64. The van der Waals surface area contributed by atoms with Crippen molar-refractivity contribution in [2.45, 2.75) is 19.9 Å². The summed E-state index contributed by atoms with van der Waals surface area (Å²) < 4.78 is 10.7. The molecule has 1 unspecified atom stereocenters. The van der Waals surface area contributed by atoms with E-state index in [0.29, 0.717) is 11.3 Å². The van der Waals surface area contributed by atoms with Crippen molar-refractivity contribution in [3.63, 3.8) is 0 Å². The van der Waals surface area contributed by atoms with E-state index >= 15 is 0 Å². The van der Waals surface area contributed by atoms with Crippen molar-refractivity contribution in [3.8, 4) is 5.75 Å². The summed E-state index contributed by atoms with van der Waals surface area (Å²) in [5.74, 6) is -3.16. The zero-order valence-electron chi connectivity index (χ0n) is 16.7. The fourth-order valence-corrected chi connectivity index (χ4v) is 2.96. The summed E-state index contributed by atoms with van der Waals surface area (Å²) in [7, 11) is 0. The van der Waals surface area contributed by atoms with E-state index in [1.165, 1.54) is 12.1 Å². The molecule has 3 aromatic rings.